The van der Waals surface area contributed by atoms with E-state index in [1.54, 1.807) is 5.19 Å². The third-order valence-electron chi connectivity index (χ3n) is 3.41. The van der Waals surface area contributed by atoms with Gasteiger partial charge in [-0.05, 0) is 0 Å². The van der Waals surface area contributed by atoms with Crippen LogP contribution < -0.4 is 10.4 Å². The smallest absolute Gasteiger partial charge is 0.0654 e. The van der Waals surface area contributed by atoms with Gasteiger partial charge in [-0.1, -0.05) is 96.2 Å². The molecule has 0 aliphatic carbocycles. The second-order valence-corrected chi connectivity index (χ2v) is 11.6. The summed E-state index contributed by atoms with van der Waals surface area (Å²) >= 11 is 0. The van der Waals surface area contributed by atoms with E-state index in [0.717, 1.165) is 9.52 Å². The molecule has 2 radical (unpaired) electrons. The van der Waals surface area contributed by atoms with E-state index in [1.807, 2.05) is 0 Å². The molecule has 0 aliphatic rings. The van der Waals surface area contributed by atoms with E-state index < -0.39 is 8.07 Å². The van der Waals surface area contributed by atoms with Crippen molar-refractivity contribution in [3.63, 3.8) is 0 Å². The lowest BCUT2D eigenvalue weighted by atomic mass is 10.4. The van der Waals surface area contributed by atoms with Crippen LogP contribution in [-0.4, -0.2) is 17.6 Å². The fraction of sp³-hybridized carbons (Fsp3) is 0.250. The Hall–Kier alpha value is -1.13. The molecule has 0 saturated carbocycles. The second-order valence-electron chi connectivity index (χ2n) is 5.29. The summed E-state index contributed by atoms with van der Waals surface area (Å²) in [6, 6.07) is 24.6. The predicted molar refractivity (Wildman–Crippen MR) is 85.0 cm³/mol. The summed E-state index contributed by atoms with van der Waals surface area (Å²) in [5, 5.41) is 3.08. The molecule has 0 aromatic heterocycles. The molecule has 0 fully saturated rings. The lowest BCUT2D eigenvalue weighted by Gasteiger charge is -2.22. The number of benzene rings is 2. The largest absolute Gasteiger partial charge is 0.0805 e. The van der Waals surface area contributed by atoms with Crippen molar-refractivity contribution < 1.29 is 0 Å². The van der Waals surface area contributed by atoms with Crippen LogP contribution in [0.1, 0.15) is 0 Å². The number of hydrogen-bond donors (Lipinski definition) is 0. The first kappa shape index (κ1) is 13.3. The molecule has 18 heavy (non-hydrogen) atoms. The Morgan fingerprint density at radius 2 is 1.39 bits per heavy atom. The standard InChI is InChI=1S/C16H20Si2/c1-18(2,16-11-7-4-8-12-16)14-13-17-15-9-5-3-6-10-15/h3-12H,13-14H2,1-2H3. The van der Waals surface area contributed by atoms with Gasteiger partial charge in [-0.2, -0.15) is 0 Å². The van der Waals surface area contributed by atoms with Crippen LogP contribution in [0, 0.1) is 0 Å². The molecular formula is C16H20Si2. The van der Waals surface area contributed by atoms with Gasteiger partial charge >= 0.3 is 0 Å². The molecule has 2 rings (SSSR count). The monoisotopic (exact) mass is 268 g/mol. The Labute approximate surface area is 114 Å². The van der Waals surface area contributed by atoms with Crippen LogP contribution in [0.25, 0.3) is 0 Å². The fourth-order valence-corrected chi connectivity index (χ4v) is 7.21. The van der Waals surface area contributed by atoms with E-state index in [-0.39, 0.29) is 0 Å². The van der Waals surface area contributed by atoms with Crippen LogP contribution in [0.5, 0.6) is 0 Å². The maximum atomic E-state index is 2.48. The summed E-state index contributed by atoms with van der Waals surface area (Å²) in [6.45, 7) is 4.97. The number of rotatable bonds is 5. The van der Waals surface area contributed by atoms with Crippen LogP contribution in [0.3, 0.4) is 0 Å². The van der Waals surface area contributed by atoms with Gasteiger partial charge in [0.15, 0.2) is 0 Å². The third-order valence-corrected chi connectivity index (χ3v) is 8.55. The SMILES string of the molecule is C[Si](C)(CC[Si]c1ccccc1)c1ccccc1. The summed E-state index contributed by atoms with van der Waals surface area (Å²) < 4.78 is 0. The van der Waals surface area contributed by atoms with Crippen molar-refractivity contribution in [1.82, 2.24) is 0 Å². The van der Waals surface area contributed by atoms with Crippen molar-refractivity contribution in [2.24, 2.45) is 0 Å². The molecule has 2 aromatic rings. The average molecular weight is 269 g/mol. The van der Waals surface area contributed by atoms with Gasteiger partial charge in [0, 0.05) is 0 Å². The summed E-state index contributed by atoms with van der Waals surface area (Å²) in [7, 11) is -0.269. The average Bonchev–Trinajstić information content (AvgIpc) is 2.41. The van der Waals surface area contributed by atoms with Gasteiger partial charge in [-0.25, -0.2) is 0 Å². The first-order valence-electron chi connectivity index (χ1n) is 6.53. The zero-order chi connectivity index (χ0) is 12.8. The zero-order valence-electron chi connectivity index (χ0n) is 11.2. The van der Waals surface area contributed by atoms with E-state index in [0.29, 0.717) is 0 Å². The van der Waals surface area contributed by atoms with Gasteiger partial charge in [0.25, 0.3) is 0 Å². The molecule has 0 nitrogen and oxygen atoms in total. The van der Waals surface area contributed by atoms with E-state index in [9.17, 15) is 0 Å². The first-order chi connectivity index (χ1) is 8.68. The van der Waals surface area contributed by atoms with Crippen molar-refractivity contribution >= 4 is 28.0 Å². The minimum Gasteiger partial charge on any atom is -0.0654 e. The minimum absolute atomic E-state index is 0.958. The normalized spacial score (nSPS) is 11.4. The van der Waals surface area contributed by atoms with Crippen molar-refractivity contribution in [2.75, 3.05) is 0 Å². The zero-order valence-corrected chi connectivity index (χ0v) is 13.2. The van der Waals surface area contributed by atoms with Gasteiger partial charge in [-0.3, -0.25) is 0 Å². The Kier molecular flexibility index (Phi) is 4.56. The van der Waals surface area contributed by atoms with Gasteiger partial charge in [0.2, 0.25) is 0 Å². The van der Waals surface area contributed by atoms with Crippen molar-refractivity contribution in [3.8, 4) is 0 Å². The Morgan fingerprint density at radius 3 is 2.00 bits per heavy atom. The van der Waals surface area contributed by atoms with Crippen LogP contribution >= 0.6 is 0 Å². The quantitative estimate of drug-likeness (QED) is 0.731. The van der Waals surface area contributed by atoms with E-state index in [1.165, 1.54) is 17.3 Å². The Bertz CT molecular complexity index is 463. The summed E-state index contributed by atoms with van der Waals surface area (Å²) in [6.07, 6.45) is 0. The third kappa shape index (κ3) is 3.68. The summed E-state index contributed by atoms with van der Waals surface area (Å²) in [5.41, 5.74) is 0. The molecule has 2 aromatic carbocycles. The molecule has 0 spiro atoms. The van der Waals surface area contributed by atoms with Crippen molar-refractivity contribution in [3.05, 3.63) is 60.7 Å². The summed E-state index contributed by atoms with van der Waals surface area (Å²) in [4.78, 5) is 0. The van der Waals surface area contributed by atoms with Crippen LogP contribution in [0.4, 0.5) is 0 Å². The maximum absolute atomic E-state index is 2.48. The molecule has 0 unspecified atom stereocenters. The molecule has 0 atom stereocenters. The van der Waals surface area contributed by atoms with Crippen LogP contribution in [0.15, 0.2) is 60.7 Å². The van der Waals surface area contributed by atoms with E-state index >= 15 is 0 Å². The van der Waals surface area contributed by atoms with E-state index in [2.05, 4.69) is 73.8 Å². The topological polar surface area (TPSA) is 0 Å². The molecular weight excluding hydrogens is 248 g/mol. The van der Waals surface area contributed by atoms with Gasteiger partial charge < -0.3 is 0 Å². The number of hydrogen-bond acceptors (Lipinski definition) is 0. The molecule has 0 heterocycles. The van der Waals surface area contributed by atoms with Crippen molar-refractivity contribution in [1.29, 1.82) is 0 Å². The van der Waals surface area contributed by atoms with Gasteiger partial charge in [-0.15, -0.1) is 0 Å². The highest BCUT2D eigenvalue weighted by molar-refractivity contribution is 6.90. The highest BCUT2D eigenvalue weighted by atomic mass is 28.3. The molecule has 0 amide bonds. The van der Waals surface area contributed by atoms with Gasteiger partial charge in [0.1, 0.15) is 0 Å². The lowest BCUT2D eigenvalue weighted by Crippen LogP contribution is -2.41. The van der Waals surface area contributed by atoms with Crippen LogP contribution in [-0.2, 0) is 0 Å². The molecule has 2 heteroatoms. The molecule has 92 valence electrons. The Balaban J connectivity index is 1.90. The second kappa shape index (κ2) is 6.16. The minimum atomic E-state index is -1.23. The van der Waals surface area contributed by atoms with Crippen LogP contribution in [0.2, 0.25) is 25.2 Å². The summed E-state index contributed by atoms with van der Waals surface area (Å²) in [5.74, 6) is 0. The molecule has 0 bridgehead atoms. The van der Waals surface area contributed by atoms with E-state index in [4.69, 9.17) is 0 Å². The molecule has 0 saturated heterocycles. The lowest BCUT2D eigenvalue weighted by molar-refractivity contribution is 1.35. The Morgan fingerprint density at radius 1 is 0.833 bits per heavy atom. The highest BCUT2D eigenvalue weighted by Crippen LogP contribution is 2.12. The first-order valence-corrected chi connectivity index (χ1v) is 10.9. The molecule has 0 aliphatic heterocycles. The molecule has 0 N–H and O–H groups in total. The van der Waals surface area contributed by atoms with Gasteiger partial charge in [0.05, 0.1) is 17.6 Å². The maximum Gasteiger partial charge on any atom is 0.0805 e. The predicted octanol–water partition coefficient (Wildman–Crippen LogP) is 3.05. The van der Waals surface area contributed by atoms with Crippen molar-refractivity contribution in [2.45, 2.75) is 25.2 Å². The highest BCUT2D eigenvalue weighted by Gasteiger charge is 2.22. The fourth-order valence-electron chi connectivity index (χ4n) is 2.11.